The van der Waals surface area contributed by atoms with Crippen molar-refractivity contribution in [2.24, 2.45) is 51.2 Å². The van der Waals surface area contributed by atoms with E-state index in [0.717, 1.165) is 43.4 Å². The monoisotopic (exact) mass is 697 g/mol. The van der Waals surface area contributed by atoms with Crippen molar-refractivity contribution in [1.29, 1.82) is 0 Å². The Bertz CT molecular complexity index is 1010. The van der Waals surface area contributed by atoms with Crippen molar-refractivity contribution in [2.45, 2.75) is 185 Å². The topological polar surface area (TPSA) is 119 Å². The Morgan fingerprint density at radius 3 is 1.57 bits per heavy atom. The molecular formula is C41H76O8. The zero-order chi connectivity index (χ0) is 37.8. The average molecular weight is 697 g/mol. The Hall–Kier alpha value is -1.67. The fourth-order valence-corrected chi connectivity index (χ4v) is 7.66. The zero-order valence-electron chi connectivity index (χ0n) is 33.8. The van der Waals surface area contributed by atoms with Crippen molar-refractivity contribution in [3.8, 4) is 0 Å². The first-order valence-electron chi connectivity index (χ1n) is 19.5. The van der Waals surface area contributed by atoms with Gasteiger partial charge in [0.2, 0.25) is 0 Å². The van der Waals surface area contributed by atoms with Crippen molar-refractivity contribution in [1.82, 2.24) is 0 Å². The first-order chi connectivity index (χ1) is 22.7. The minimum Gasteiger partial charge on any atom is -0.481 e. The second kappa shape index (κ2) is 19.8. The van der Waals surface area contributed by atoms with E-state index in [0.29, 0.717) is 18.3 Å². The third kappa shape index (κ3) is 12.8. The van der Waals surface area contributed by atoms with Gasteiger partial charge in [-0.25, -0.2) is 4.89 Å². The van der Waals surface area contributed by atoms with E-state index < -0.39 is 11.4 Å². The van der Waals surface area contributed by atoms with Gasteiger partial charge in [0.05, 0.1) is 23.4 Å². The van der Waals surface area contributed by atoms with Gasteiger partial charge in [-0.05, 0) is 141 Å². The summed E-state index contributed by atoms with van der Waals surface area (Å²) in [5, 5.41) is 17.5. The summed E-state index contributed by atoms with van der Waals surface area (Å²) >= 11 is 0. The molecule has 0 spiro atoms. The molecule has 8 heteroatoms. The highest BCUT2D eigenvalue weighted by Crippen LogP contribution is 2.59. The molecule has 2 N–H and O–H groups in total. The number of hydrogen-bond acceptors (Lipinski definition) is 7. The molecule has 4 aliphatic rings. The van der Waals surface area contributed by atoms with Crippen LogP contribution in [0.5, 0.6) is 0 Å². The van der Waals surface area contributed by atoms with E-state index in [1.54, 1.807) is 13.8 Å². The molecule has 0 saturated heterocycles. The molecule has 0 amide bonds. The number of carboxylic acids is 1. The number of ether oxygens (including phenoxy) is 2. The largest absolute Gasteiger partial charge is 0.481 e. The Balaban J connectivity index is 0.000000347. The van der Waals surface area contributed by atoms with Crippen LogP contribution in [-0.2, 0) is 28.7 Å². The maximum absolute atomic E-state index is 12.2. The second-order valence-corrected chi connectivity index (χ2v) is 17.9. The molecule has 4 saturated carbocycles. The third-order valence-electron chi connectivity index (χ3n) is 13.0. The number of methoxy groups -OCH3 is 1. The molecule has 0 aromatic rings. The fraction of sp³-hybridized carbons (Fsp3) is 0.927. The summed E-state index contributed by atoms with van der Waals surface area (Å²) in [5.41, 5.74) is -1.07. The standard InChI is InChI=1S/C16H26O2.C12H24O2.C7H14O2.C6H12O2/c1-4-16(2,3)15(17)18-14-9-10-8-13(14)12-7-5-6-11(10)12;1-4-12(2,3)11(14-13)10-8-6-5-7-9-10;1-5-7(2,3)6(8)9-4;1-4-6(2,3)5(7)8/h10-14H,4-9H2,1-3H3;10-11,13H,4-9H2,1-3H3;5H2,1-4H3;4H2,1-3H3,(H,7,8). The highest BCUT2D eigenvalue weighted by atomic mass is 17.1. The summed E-state index contributed by atoms with van der Waals surface area (Å²) in [6.45, 7) is 23.6. The van der Waals surface area contributed by atoms with E-state index in [-0.39, 0.29) is 40.4 Å². The van der Waals surface area contributed by atoms with Crippen LogP contribution in [0.4, 0.5) is 0 Å². The third-order valence-corrected chi connectivity index (χ3v) is 13.0. The van der Waals surface area contributed by atoms with Gasteiger partial charge in [0.1, 0.15) is 12.2 Å². The van der Waals surface area contributed by atoms with Crippen molar-refractivity contribution in [3.63, 3.8) is 0 Å². The normalized spacial score (nSPS) is 25.7. The molecule has 6 atom stereocenters. The first-order valence-corrected chi connectivity index (χ1v) is 19.5. The molecule has 4 aliphatic carbocycles. The molecule has 0 heterocycles. The Labute approximate surface area is 300 Å². The number of carbonyl (C=O) groups excluding carboxylic acids is 2. The maximum atomic E-state index is 12.2. The summed E-state index contributed by atoms with van der Waals surface area (Å²) in [7, 11) is 1.42. The molecule has 8 nitrogen and oxygen atoms in total. The smallest absolute Gasteiger partial charge is 0.311 e. The van der Waals surface area contributed by atoms with Gasteiger partial charge < -0.3 is 14.6 Å². The van der Waals surface area contributed by atoms with Gasteiger partial charge in [-0.1, -0.05) is 67.2 Å². The molecule has 0 aromatic carbocycles. The lowest BCUT2D eigenvalue weighted by atomic mass is 9.72. The lowest BCUT2D eigenvalue weighted by Gasteiger charge is -2.38. The van der Waals surface area contributed by atoms with Gasteiger partial charge in [-0.15, -0.1) is 0 Å². The van der Waals surface area contributed by atoms with E-state index in [1.165, 1.54) is 64.9 Å². The summed E-state index contributed by atoms with van der Waals surface area (Å²) in [5.74, 6) is 3.14. The Kier molecular flexibility index (Phi) is 18.3. The van der Waals surface area contributed by atoms with Crippen LogP contribution in [0, 0.1) is 51.2 Å². The van der Waals surface area contributed by atoms with E-state index in [2.05, 4.69) is 32.4 Å². The summed E-state index contributed by atoms with van der Waals surface area (Å²) in [6.07, 6.45) is 16.8. The summed E-state index contributed by atoms with van der Waals surface area (Å²) < 4.78 is 10.4. The Morgan fingerprint density at radius 2 is 1.16 bits per heavy atom. The van der Waals surface area contributed by atoms with Crippen LogP contribution < -0.4 is 0 Å². The summed E-state index contributed by atoms with van der Waals surface area (Å²) in [4.78, 5) is 38.0. The SMILES string of the molecule is CCC(C)(C)C(=O)O.CCC(C)(C)C(=O)OC.CCC(C)(C)C(=O)OC1CC2CC1C1CCCC21.CCC(C)(C)C(OO)C1CCCCC1. The molecule has 49 heavy (non-hydrogen) atoms. The Morgan fingerprint density at radius 1 is 0.653 bits per heavy atom. The first kappa shape index (κ1) is 45.4. The molecule has 0 aromatic heterocycles. The maximum Gasteiger partial charge on any atom is 0.311 e. The zero-order valence-corrected chi connectivity index (χ0v) is 33.8. The molecule has 0 aliphatic heterocycles. The average Bonchev–Trinajstić information content (AvgIpc) is 3.81. The lowest BCUT2D eigenvalue weighted by Crippen LogP contribution is -2.38. The number of rotatable bonds is 11. The van der Waals surface area contributed by atoms with Gasteiger partial charge in [0.15, 0.2) is 0 Å². The fourth-order valence-electron chi connectivity index (χ4n) is 7.66. The van der Waals surface area contributed by atoms with E-state index >= 15 is 0 Å². The van der Waals surface area contributed by atoms with E-state index in [1.807, 2.05) is 41.5 Å². The number of esters is 2. The van der Waals surface area contributed by atoms with Gasteiger partial charge in [-0.2, -0.15) is 0 Å². The van der Waals surface area contributed by atoms with Crippen LogP contribution in [0.2, 0.25) is 0 Å². The summed E-state index contributed by atoms with van der Waals surface area (Å²) in [6, 6.07) is 0. The van der Waals surface area contributed by atoms with Crippen molar-refractivity contribution in [2.75, 3.05) is 7.11 Å². The van der Waals surface area contributed by atoms with Crippen LogP contribution in [0.3, 0.4) is 0 Å². The number of carboxylic acid groups (broad SMARTS) is 1. The van der Waals surface area contributed by atoms with Crippen LogP contribution >= 0.6 is 0 Å². The molecular weight excluding hydrogens is 620 g/mol. The molecule has 4 rings (SSSR count). The molecule has 0 radical (unpaired) electrons. The quantitative estimate of drug-likeness (QED) is 0.124. The number of fused-ring (bicyclic) bond motifs is 5. The van der Waals surface area contributed by atoms with E-state index in [9.17, 15) is 14.4 Å². The number of carbonyl (C=O) groups is 3. The van der Waals surface area contributed by atoms with Gasteiger partial charge >= 0.3 is 17.9 Å². The van der Waals surface area contributed by atoms with Gasteiger partial charge in [0, 0.05) is 0 Å². The molecule has 2 bridgehead atoms. The highest BCUT2D eigenvalue weighted by Gasteiger charge is 2.55. The molecule has 288 valence electrons. The van der Waals surface area contributed by atoms with Crippen molar-refractivity contribution < 1.29 is 39.1 Å². The number of aliphatic carboxylic acids is 1. The number of hydrogen-bond donors (Lipinski definition) is 2. The van der Waals surface area contributed by atoms with Gasteiger partial charge in [-0.3, -0.25) is 19.6 Å². The minimum atomic E-state index is -0.722. The minimum absolute atomic E-state index is 0.0211. The predicted molar refractivity (Wildman–Crippen MR) is 197 cm³/mol. The van der Waals surface area contributed by atoms with Crippen LogP contribution in [0.25, 0.3) is 0 Å². The molecule has 4 fully saturated rings. The second-order valence-electron chi connectivity index (χ2n) is 17.9. The lowest BCUT2D eigenvalue weighted by molar-refractivity contribution is -0.316. The highest BCUT2D eigenvalue weighted by molar-refractivity contribution is 5.76. The van der Waals surface area contributed by atoms with Gasteiger partial charge in [0.25, 0.3) is 0 Å². The van der Waals surface area contributed by atoms with Crippen molar-refractivity contribution >= 4 is 17.9 Å². The van der Waals surface area contributed by atoms with Crippen molar-refractivity contribution in [3.05, 3.63) is 0 Å². The molecule has 6 unspecified atom stereocenters. The van der Waals surface area contributed by atoms with Crippen LogP contribution in [0.15, 0.2) is 0 Å². The predicted octanol–water partition coefficient (Wildman–Crippen LogP) is 10.8. The van der Waals surface area contributed by atoms with Crippen LogP contribution in [0.1, 0.15) is 173 Å². The van der Waals surface area contributed by atoms with Crippen LogP contribution in [-0.4, -0.2) is 47.6 Å². The van der Waals surface area contributed by atoms with E-state index in [4.69, 9.17) is 20.0 Å².